The normalized spacial score (nSPS) is 12.7. The zero-order valence-corrected chi connectivity index (χ0v) is 21.9. The summed E-state index contributed by atoms with van der Waals surface area (Å²) in [4.78, 5) is -2.52. The maximum atomic E-state index is 11.3. The van der Waals surface area contributed by atoms with Crippen LogP contribution in [0, 0.1) is 0 Å². The lowest BCUT2D eigenvalue weighted by Gasteiger charge is -2.07. The third kappa shape index (κ3) is 6.55. The van der Waals surface area contributed by atoms with Gasteiger partial charge in [-0.3, -0.25) is 18.2 Å². The van der Waals surface area contributed by atoms with Gasteiger partial charge >= 0.3 is 0 Å². The molecule has 4 aromatic rings. The van der Waals surface area contributed by atoms with Gasteiger partial charge in [0.2, 0.25) is 0 Å². The topological polar surface area (TPSA) is 270 Å². The van der Waals surface area contributed by atoms with Gasteiger partial charge in [0.1, 0.15) is 9.79 Å². The van der Waals surface area contributed by atoms with Gasteiger partial charge in [-0.05, 0) is 59.3 Å². The maximum absolute atomic E-state index is 11.3. The summed E-state index contributed by atoms with van der Waals surface area (Å²) in [7, 11) is -18.5. The van der Waals surface area contributed by atoms with Crippen LogP contribution in [0.3, 0.4) is 0 Å². The van der Waals surface area contributed by atoms with Crippen molar-refractivity contribution in [3.05, 3.63) is 60.7 Å². The van der Waals surface area contributed by atoms with E-state index < -0.39 is 60.1 Å². The Hall–Kier alpha value is -3.36. The van der Waals surface area contributed by atoms with E-state index in [4.69, 9.17) is 29.7 Å². The van der Waals surface area contributed by atoms with Crippen LogP contribution >= 0.6 is 0 Å². The number of anilines is 2. The van der Waals surface area contributed by atoms with E-state index in [-0.39, 0.29) is 32.9 Å². The Morgan fingerprint density at radius 3 is 1.03 bits per heavy atom. The number of nitrogens with two attached hydrogens (primary N) is 2. The SMILES string of the molecule is Nc1ccc2cc(S(=O)(=O)O)cc(S(=O)(=O)O)c2c1.Nc1ccc2cc(S(=O)(=O)O)cc(S(=O)(=O)O)c2c1. The van der Waals surface area contributed by atoms with Gasteiger partial charge in [-0.15, -0.1) is 0 Å². The van der Waals surface area contributed by atoms with Crippen LogP contribution in [0.5, 0.6) is 0 Å². The zero-order valence-electron chi connectivity index (χ0n) is 18.6. The van der Waals surface area contributed by atoms with Crippen LogP contribution in [0.1, 0.15) is 0 Å². The Labute approximate surface area is 216 Å². The molecule has 0 bridgehead atoms. The molecule has 0 aliphatic carbocycles. The van der Waals surface area contributed by atoms with E-state index >= 15 is 0 Å². The quantitative estimate of drug-likeness (QED) is 0.143. The molecule has 0 aliphatic heterocycles. The molecule has 0 saturated heterocycles. The molecule has 8 N–H and O–H groups in total. The summed E-state index contributed by atoms with van der Waals surface area (Å²) in [5.74, 6) is 0. The minimum atomic E-state index is -4.66. The van der Waals surface area contributed by atoms with Crippen LogP contribution in [0.25, 0.3) is 21.5 Å². The molecule has 4 aromatic carbocycles. The van der Waals surface area contributed by atoms with Crippen molar-refractivity contribution in [3.63, 3.8) is 0 Å². The molecule has 0 atom stereocenters. The second-order valence-electron chi connectivity index (χ2n) is 7.70. The molecule has 4 rings (SSSR count). The molecule has 0 fully saturated rings. The molecule has 0 amide bonds. The monoisotopic (exact) mass is 606 g/mol. The fourth-order valence-corrected chi connectivity index (χ4v) is 6.05. The minimum Gasteiger partial charge on any atom is -0.399 e. The minimum absolute atomic E-state index is 0.0647. The van der Waals surface area contributed by atoms with E-state index in [1.165, 1.54) is 36.4 Å². The predicted octanol–water partition coefficient (Wildman–Crippen LogP) is 1.83. The first kappa shape index (κ1) is 29.2. The van der Waals surface area contributed by atoms with Gasteiger partial charge in [-0.1, -0.05) is 12.1 Å². The van der Waals surface area contributed by atoms with Crippen LogP contribution in [0.4, 0.5) is 11.4 Å². The van der Waals surface area contributed by atoms with E-state index in [1.807, 2.05) is 0 Å². The van der Waals surface area contributed by atoms with Gasteiger partial charge in [0, 0.05) is 22.1 Å². The van der Waals surface area contributed by atoms with Crippen molar-refractivity contribution in [1.82, 2.24) is 0 Å². The van der Waals surface area contributed by atoms with E-state index in [2.05, 4.69) is 0 Å². The van der Waals surface area contributed by atoms with Crippen molar-refractivity contribution in [3.8, 4) is 0 Å². The second kappa shape index (κ2) is 9.75. The van der Waals surface area contributed by atoms with E-state index in [9.17, 15) is 33.7 Å². The largest absolute Gasteiger partial charge is 0.399 e. The standard InChI is InChI=1S/2C10H9NO6S2/c2*11-7-2-1-6-3-8(18(12,13)14)5-10(9(6)4-7)19(15,16)17/h2*1-5H,11H2,(H,12,13,14)(H,15,16,17). The lowest BCUT2D eigenvalue weighted by atomic mass is 10.1. The Morgan fingerprint density at radius 1 is 0.447 bits per heavy atom. The first-order valence-electron chi connectivity index (χ1n) is 9.74. The van der Waals surface area contributed by atoms with Crippen molar-refractivity contribution in [2.75, 3.05) is 11.5 Å². The number of nitrogen functional groups attached to an aromatic ring is 2. The summed E-state index contributed by atoms with van der Waals surface area (Å²) >= 11 is 0. The highest BCUT2D eigenvalue weighted by molar-refractivity contribution is 7.87. The van der Waals surface area contributed by atoms with Gasteiger partial charge in [0.15, 0.2) is 0 Å². The summed E-state index contributed by atoms with van der Waals surface area (Å²) in [6.45, 7) is 0. The van der Waals surface area contributed by atoms with Gasteiger partial charge in [-0.25, -0.2) is 0 Å². The predicted molar refractivity (Wildman–Crippen MR) is 136 cm³/mol. The molecule has 204 valence electrons. The van der Waals surface area contributed by atoms with Gasteiger partial charge in [0.25, 0.3) is 40.5 Å². The smallest absolute Gasteiger partial charge is 0.295 e. The third-order valence-corrected chi connectivity index (χ3v) is 8.43. The number of hydrogen-bond acceptors (Lipinski definition) is 10. The van der Waals surface area contributed by atoms with Crippen LogP contribution in [-0.4, -0.2) is 51.9 Å². The fraction of sp³-hybridized carbons (Fsp3) is 0. The Kier molecular flexibility index (Phi) is 7.49. The van der Waals surface area contributed by atoms with Crippen molar-refractivity contribution >= 4 is 73.4 Å². The molecule has 38 heavy (non-hydrogen) atoms. The molecule has 0 spiro atoms. The van der Waals surface area contributed by atoms with Crippen molar-refractivity contribution in [2.24, 2.45) is 0 Å². The molecule has 0 aliphatic rings. The number of fused-ring (bicyclic) bond motifs is 2. The summed E-state index contributed by atoms with van der Waals surface area (Å²) in [6.07, 6.45) is 0. The average molecular weight is 607 g/mol. The first-order valence-corrected chi connectivity index (χ1v) is 15.5. The molecule has 14 nitrogen and oxygen atoms in total. The highest BCUT2D eigenvalue weighted by Crippen LogP contribution is 2.30. The third-order valence-electron chi connectivity index (χ3n) is 4.98. The maximum Gasteiger partial charge on any atom is 0.295 e. The molecule has 18 heteroatoms. The van der Waals surface area contributed by atoms with Gasteiger partial charge in [0.05, 0.1) is 9.79 Å². The lowest BCUT2D eigenvalue weighted by Crippen LogP contribution is -2.04. The molecular formula is C20H18N2O12S4. The van der Waals surface area contributed by atoms with Crippen LogP contribution in [-0.2, 0) is 40.5 Å². The van der Waals surface area contributed by atoms with E-state index in [0.29, 0.717) is 12.1 Å². The van der Waals surface area contributed by atoms with E-state index in [1.54, 1.807) is 0 Å². The Morgan fingerprint density at radius 2 is 0.763 bits per heavy atom. The summed E-state index contributed by atoms with van der Waals surface area (Å²) in [5, 5.41) is 0.540. The number of hydrogen-bond donors (Lipinski definition) is 6. The van der Waals surface area contributed by atoms with Gasteiger partial charge < -0.3 is 11.5 Å². The molecular weight excluding hydrogens is 588 g/mol. The molecule has 0 saturated carbocycles. The zero-order chi connectivity index (χ0) is 28.8. The summed E-state index contributed by atoms with van der Waals surface area (Å²) in [6, 6.07) is 11.7. The van der Waals surface area contributed by atoms with Crippen molar-refractivity contribution < 1.29 is 51.9 Å². The van der Waals surface area contributed by atoms with Crippen LogP contribution in [0.15, 0.2) is 80.2 Å². The van der Waals surface area contributed by atoms with Crippen molar-refractivity contribution in [2.45, 2.75) is 19.6 Å². The number of rotatable bonds is 4. The molecule has 0 aromatic heterocycles. The number of benzene rings is 4. The Bertz CT molecular complexity index is 1890. The second-order valence-corrected chi connectivity index (χ2v) is 13.3. The van der Waals surface area contributed by atoms with E-state index in [0.717, 1.165) is 12.1 Å². The lowest BCUT2D eigenvalue weighted by molar-refractivity contribution is 0.477. The molecule has 0 unspecified atom stereocenters. The average Bonchev–Trinajstić information content (AvgIpc) is 2.75. The molecule has 0 radical (unpaired) electrons. The highest BCUT2D eigenvalue weighted by Gasteiger charge is 2.21. The summed E-state index contributed by atoms with van der Waals surface area (Å²) in [5.41, 5.74) is 11.5. The molecule has 0 heterocycles. The summed E-state index contributed by atoms with van der Waals surface area (Å²) < 4.78 is 126. The van der Waals surface area contributed by atoms with Crippen LogP contribution in [0.2, 0.25) is 0 Å². The Balaban J connectivity index is 0.000000211. The highest BCUT2D eigenvalue weighted by atomic mass is 32.2. The van der Waals surface area contributed by atoms with Gasteiger partial charge in [-0.2, -0.15) is 33.7 Å². The first-order chi connectivity index (χ1) is 17.2. The fourth-order valence-electron chi connectivity index (χ4n) is 3.35. The van der Waals surface area contributed by atoms with Crippen molar-refractivity contribution in [1.29, 1.82) is 0 Å². The van der Waals surface area contributed by atoms with Crippen LogP contribution < -0.4 is 11.5 Å².